The summed E-state index contributed by atoms with van der Waals surface area (Å²) in [7, 11) is 0. The second-order valence-corrected chi connectivity index (χ2v) is 6.00. The molecule has 0 radical (unpaired) electrons. The third kappa shape index (κ3) is 4.26. The van der Waals surface area contributed by atoms with E-state index in [1.165, 1.54) is 12.1 Å². The second-order valence-electron chi connectivity index (χ2n) is 6.00. The third-order valence-electron chi connectivity index (χ3n) is 4.14. The fourth-order valence-electron chi connectivity index (χ4n) is 2.63. The summed E-state index contributed by atoms with van der Waals surface area (Å²) in [6.45, 7) is -0.309. The Morgan fingerprint density at radius 2 is 1.52 bits per heavy atom. The number of carbonyl (C=O) groups excluding carboxylic acids is 1. The monoisotopic (exact) mass is 376 g/mol. The van der Waals surface area contributed by atoms with Crippen LogP contribution in [0.5, 0.6) is 5.75 Å². The van der Waals surface area contributed by atoms with Gasteiger partial charge in [-0.25, -0.2) is 4.79 Å². The first-order valence-electron chi connectivity index (χ1n) is 8.32. The minimum Gasteiger partial charge on any atom is -0.461 e. The van der Waals surface area contributed by atoms with Crippen LogP contribution in [0.4, 0.5) is 0 Å². The molecule has 2 aromatic rings. The van der Waals surface area contributed by atoms with Gasteiger partial charge in [-0.05, 0) is 18.2 Å². The Labute approximate surface area is 155 Å². The molecule has 1 aliphatic heterocycles. The normalized spacial score (nSPS) is 27.8. The number of benzene rings is 2. The number of hydrogen-bond donors (Lipinski definition) is 4. The minimum absolute atomic E-state index is 0.223. The van der Waals surface area contributed by atoms with E-state index in [1.807, 2.05) is 0 Å². The van der Waals surface area contributed by atoms with Crippen molar-refractivity contribution in [1.29, 1.82) is 0 Å². The molecule has 144 valence electrons. The van der Waals surface area contributed by atoms with Crippen LogP contribution in [0.1, 0.15) is 15.9 Å². The Morgan fingerprint density at radius 1 is 0.889 bits per heavy atom. The molecule has 27 heavy (non-hydrogen) atoms. The highest BCUT2D eigenvalue weighted by Gasteiger charge is 2.47. The van der Waals surface area contributed by atoms with E-state index >= 15 is 0 Å². The van der Waals surface area contributed by atoms with Gasteiger partial charge in [-0.1, -0.05) is 36.4 Å². The van der Waals surface area contributed by atoms with Gasteiger partial charge >= 0.3 is 5.97 Å². The van der Waals surface area contributed by atoms with Crippen LogP contribution in [0.2, 0.25) is 0 Å². The van der Waals surface area contributed by atoms with Gasteiger partial charge in [0, 0.05) is 5.56 Å². The fraction of sp³-hybridized carbons (Fsp3) is 0.316. The van der Waals surface area contributed by atoms with Crippen LogP contribution in [-0.2, 0) is 16.1 Å². The van der Waals surface area contributed by atoms with Crippen molar-refractivity contribution in [2.45, 2.75) is 37.5 Å². The highest BCUT2D eigenvalue weighted by molar-refractivity contribution is 5.89. The molecule has 1 heterocycles. The van der Waals surface area contributed by atoms with Gasteiger partial charge in [0.15, 0.2) is 0 Å². The largest absolute Gasteiger partial charge is 0.461 e. The molecule has 1 aliphatic rings. The Balaban J connectivity index is 1.75. The van der Waals surface area contributed by atoms with E-state index in [0.717, 1.165) is 0 Å². The zero-order valence-corrected chi connectivity index (χ0v) is 14.2. The quantitative estimate of drug-likeness (QED) is 0.545. The molecule has 0 aromatic heterocycles. The van der Waals surface area contributed by atoms with Crippen molar-refractivity contribution >= 4 is 5.97 Å². The molecular formula is C19H20O8. The van der Waals surface area contributed by atoms with Gasteiger partial charge < -0.3 is 29.9 Å². The molecule has 0 bridgehead atoms. The van der Waals surface area contributed by atoms with Crippen molar-refractivity contribution in [3.8, 4) is 5.75 Å². The van der Waals surface area contributed by atoms with Crippen molar-refractivity contribution in [3.05, 3.63) is 65.7 Å². The summed E-state index contributed by atoms with van der Waals surface area (Å²) in [5.41, 5.74) is 0.670. The second kappa shape index (κ2) is 8.47. The summed E-state index contributed by atoms with van der Waals surface area (Å²) in [4.78, 5) is 12.2. The first kappa shape index (κ1) is 19.3. The molecule has 8 heteroatoms. The van der Waals surface area contributed by atoms with E-state index in [1.54, 1.807) is 42.5 Å². The molecule has 0 spiro atoms. The molecule has 3 rings (SSSR count). The van der Waals surface area contributed by atoms with Gasteiger partial charge in [0.25, 0.3) is 0 Å². The topological polar surface area (TPSA) is 126 Å². The number of esters is 1. The van der Waals surface area contributed by atoms with Crippen LogP contribution in [0.15, 0.2) is 54.6 Å². The van der Waals surface area contributed by atoms with Gasteiger partial charge in [-0.15, -0.1) is 0 Å². The highest BCUT2D eigenvalue weighted by atomic mass is 16.8. The average Bonchev–Trinajstić information content (AvgIpc) is 2.70. The maximum atomic E-state index is 12.2. The molecule has 1 fully saturated rings. The maximum absolute atomic E-state index is 12.2. The van der Waals surface area contributed by atoms with Crippen LogP contribution < -0.4 is 4.74 Å². The van der Waals surface area contributed by atoms with Crippen LogP contribution in [-0.4, -0.2) is 57.3 Å². The highest BCUT2D eigenvalue weighted by Crippen LogP contribution is 2.27. The van der Waals surface area contributed by atoms with Crippen LogP contribution in [0.25, 0.3) is 0 Å². The number of aliphatic hydroxyl groups is 4. The Kier molecular flexibility index (Phi) is 6.04. The summed E-state index contributed by atoms with van der Waals surface area (Å²) in [5.74, 6) is -0.543. The van der Waals surface area contributed by atoms with Gasteiger partial charge in [-0.3, -0.25) is 4.74 Å². The molecule has 0 amide bonds. The van der Waals surface area contributed by atoms with E-state index < -0.39 is 36.9 Å². The van der Waals surface area contributed by atoms with E-state index in [9.17, 15) is 25.2 Å². The molecule has 5 atom stereocenters. The number of ether oxygens (including phenoxy) is 3. The zero-order valence-electron chi connectivity index (χ0n) is 14.2. The lowest BCUT2D eigenvalue weighted by atomic mass is 10.0. The van der Waals surface area contributed by atoms with Gasteiger partial charge in [0.05, 0.1) is 12.2 Å². The molecule has 0 unspecified atom stereocenters. The van der Waals surface area contributed by atoms with Crippen molar-refractivity contribution in [1.82, 2.24) is 0 Å². The number of rotatable bonds is 5. The molecular weight excluding hydrogens is 356 g/mol. The minimum atomic E-state index is -1.67. The molecule has 1 saturated heterocycles. The van der Waals surface area contributed by atoms with Gasteiger partial charge in [-0.2, -0.15) is 0 Å². The van der Waals surface area contributed by atoms with E-state index in [0.29, 0.717) is 5.56 Å². The Hall–Kier alpha value is -2.49. The van der Waals surface area contributed by atoms with Crippen molar-refractivity contribution in [2.75, 3.05) is 0 Å². The van der Waals surface area contributed by atoms with E-state index in [4.69, 9.17) is 14.2 Å². The summed E-state index contributed by atoms with van der Waals surface area (Å²) in [6.07, 6.45) is -7.91. The molecule has 8 nitrogen and oxygen atoms in total. The molecule has 2 aromatic carbocycles. The zero-order chi connectivity index (χ0) is 19.4. The standard InChI is InChI=1S/C19H20O8/c20-10-12-8-4-5-9-13(12)25-18-15(22)14(21)16(23)19(27-18)26-17(24)11-6-2-1-3-7-11/h1-9,14-16,18-23H,10H2/t14-,15-,16+,18-,19+/m1/s1. The smallest absolute Gasteiger partial charge is 0.340 e. The van der Waals surface area contributed by atoms with E-state index in [-0.39, 0.29) is 17.9 Å². The lowest BCUT2D eigenvalue weighted by molar-refractivity contribution is -0.319. The SMILES string of the molecule is O=C(O[C@H]1O[C@@H](Oc2ccccc2CO)[C@H](O)[C@@H](O)[C@@H]1O)c1ccccc1. The molecule has 0 aliphatic carbocycles. The van der Waals surface area contributed by atoms with Crippen molar-refractivity contribution in [3.63, 3.8) is 0 Å². The van der Waals surface area contributed by atoms with E-state index in [2.05, 4.69) is 0 Å². The van der Waals surface area contributed by atoms with Crippen molar-refractivity contribution in [2.24, 2.45) is 0 Å². The van der Waals surface area contributed by atoms with Crippen LogP contribution in [0, 0.1) is 0 Å². The maximum Gasteiger partial charge on any atom is 0.340 e. The number of para-hydroxylation sites is 1. The number of carbonyl (C=O) groups is 1. The lowest BCUT2D eigenvalue weighted by Gasteiger charge is -2.39. The van der Waals surface area contributed by atoms with Crippen molar-refractivity contribution < 1.29 is 39.4 Å². The first-order chi connectivity index (χ1) is 13.0. The average molecular weight is 376 g/mol. The molecule has 0 saturated carbocycles. The number of aliphatic hydroxyl groups excluding tert-OH is 4. The van der Waals surface area contributed by atoms with Gasteiger partial charge in [0.1, 0.15) is 24.1 Å². The Morgan fingerprint density at radius 3 is 2.22 bits per heavy atom. The summed E-state index contributed by atoms with van der Waals surface area (Å²) >= 11 is 0. The predicted octanol–water partition coefficient (Wildman–Crippen LogP) is 0.180. The summed E-state index contributed by atoms with van der Waals surface area (Å²) in [6, 6.07) is 14.6. The fourth-order valence-corrected chi connectivity index (χ4v) is 2.63. The lowest BCUT2D eigenvalue weighted by Crippen LogP contribution is -2.60. The van der Waals surface area contributed by atoms with Crippen LogP contribution >= 0.6 is 0 Å². The third-order valence-corrected chi connectivity index (χ3v) is 4.14. The van der Waals surface area contributed by atoms with Gasteiger partial charge in [0.2, 0.25) is 12.6 Å². The van der Waals surface area contributed by atoms with Crippen LogP contribution in [0.3, 0.4) is 0 Å². The number of hydrogen-bond acceptors (Lipinski definition) is 8. The molecule has 4 N–H and O–H groups in total. The predicted molar refractivity (Wildman–Crippen MR) is 91.5 cm³/mol. The first-order valence-corrected chi connectivity index (χ1v) is 8.32. The summed E-state index contributed by atoms with van der Waals surface area (Å²) in [5, 5.41) is 39.7. The Bertz CT molecular complexity index is 765. The summed E-state index contributed by atoms with van der Waals surface area (Å²) < 4.78 is 16.0.